The minimum Gasteiger partial charge on any atom is -0.497 e. The Morgan fingerprint density at radius 3 is 2.97 bits per heavy atom. The summed E-state index contributed by atoms with van der Waals surface area (Å²) in [5.41, 5.74) is 1.18. The summed E-state index contributed by atoms with van der Waals surface area (Å²) in [5, 5.41) is 12.5. The SMILES string of the molecule is C=CCC[C@H](O)CN(CCC)CC(=O)N1CCc2sccc2[C@@H]1COc1cccc(OC)c1. The van der Waals surface area contributed by atoms with E-state index in [1.54, 1.807) is 18.4 Å². The Morgan fingerprint density at radius 1 is 1.39 bits per heavy atom. The molecular formula is C26H36N2O4S. The molecule has 1 N–H and O–H groups in total. The molecule has 2 heterocycles. The molecule has 180 valence electrons. The van der Waals surface area contributed by atoms with E-state index >= 15 is 0 Å². The number of allylic oxidation sites excluding steroid dienone is 1. The van der Waals surface area contributed by atoms with E-state index in [4.69, 9.17) is 9.47 Å². The van der Waals surface area contributed by atoms with Gasteiger partial charge in [-0.05, 0) is 61.4 Å². The molecule has 0 radical (unpaired) electrons. The molecule has 2 atom stereocenters. The molecular weight excluding hydrogens is 436 g/mol. The summed E-state index contributed by atoms with van der Waals surface area (Å²) in [5.74, 6) is 1.54. The van der Waals surface area contributed by atoms with Crippen LogP contribution in [-0.4, -0.2) is 66.8 Å². The molecule has 0 unspecified atom stereocenters. The highest BCUT2D eigenvalue weighted by atomic mass is 32.1. The van der Waals surface area contributed by atoms with Gasteiger partial charge in [-0.1, -0.05) is 19.1 Å². The monoisotopic (exact) mass is 472 g/mol. The molecule has 1 aliphatic heterocycles. The minimum atomic E-state index is -0.459. The van der Waals surface area contributed by atoms with Crippen molar-refractivity contribution in [2.24, 2.45) is 0 Å². The van der Waals surface area contributed by atoms with E-state index in [9.17, 15) is 9.90 Å². The van der Waals surface area contributed by atoms with Gasteiger partial charge in [0.1, 0.15) is 18.1 Å². The lowest BCUT2D eigenvalue weighted by Gasteiger charge is -2.37. The van der Waals surface area contributed by atoms with Gasteiger partial charge in [-0.25, -0.2) is 0 Å². The number of carbonyl (C=O) groups excluding carboxylic acids is 1. The van der Waals surface area contributed by atoms with Gasteiger partial charge in [0.25, 0.3) is 0 Å². The quantitative estimate of drug-likeness (QED) is 0.441. The van der Waals surface area contributed by atoms with E-state index in [2.05, 4.69) is 29.8 Å². The van der Waals surface area contributed by atoms with Gasteiger partial charge in [0.05, 0.1) is 25.8 Å². The number of methoxy groups -OCH3 is 1. The van der Waals surface area contributed by atoms with E-state index in [0.29, 0.717) is 32.7 Å². The first-order valence-electron chi connectivity index (χ1n) is 11.7. The number of amides is 1. The highest BCUT2D eigenvalue weighted by molar-refractivity contribution is 7.10. The van der Waals surface area contributed by atoms with Gasteiger partial charge in [0.2, 0.25) is 5.91 Å². The van der Waals surface area contributed by atoms with Gasteiger partial charge in [-0.3, -0.25) is 9.69 Å². The zero-order chi connectivity index (χ0) is 23.6. The zero-order valence-corrected chi connectivity index (χ0v) is 20.6. The topological polar surface area (TPSA) is 62.2 Å². The minimum absolute atomic E-state index is 0.0791. The number of hydrogen-bond acceptors (Lipinski definition) is 6. The van der Waals surface area contributed by atoms with Crippen LogP contribution >= 0.6 is 11.3 Å². The Hall–Kier alpha value is -2.35. The molecule has 0 aliphatic carbocycles. The number of benzene rings is 1. The zero-order valence-electron chi connectivity index (χ0n) is 19.7. The Bertz CT molecular complexity index is 900. The smallest absolute Gasteiger partial charge is 0.237 e. The summed E-state index contributed by atoms with van der Waals surface area (Å²) in [6.07, 6.45) is 4.59. The van der Waals surface area contributed by atoms with Crippen molar-refractivity contribution in [1.29, 1.82) is 0 Å². The van der Waals surface area contributed by atoms with Crippen molar-refractivity contribution >= 4 is 17.2 Å². The van der Waals surface area contributed by atoms with Gasteiger partial charge in [-0.15, -0.1) is 17.9 Å². The number of aliphatic hydroxyl groups is 1. The van der Waals surface area contributed by atoms with Crippen molar-refractivity contribution in [3.05, 3.63) is 58.8 Å². The van der Waals surface area contributed by atoms with E-state index in [1.807, 2.05) is 35.2 Å². The number of aliphatic hydroxyl groups excluding tert-OH is 1. The van der Waals surface area contributed by atoms with Crippen molar-refractivity contribution in [3.63, 3.8) is 0 Å². The van der Waals surface area contributed by atoms with Crippen LogP contribution in [0.3, 0.4) is 0 Å². The van der Waals surface area contributed by atoms with E-state index < -0.39 is 6.10 Å². The van der Waals surface area contributed by atoms with Gasteiger partial charge in [-0.2, -0.15) is 0 Å². The molecule has 1 amide bonds. The van der Waals surface area contributed by atoms with E-state index in [0.717, 1.165) is 37.3 Å². The van der Waals surface area contributed by atoms with Crippen LogP contribution in [0.2, 0.25) is 0 Å². The maximum absolute atomic E-state index is 13.4. The molecule has 1 aliphatic rings. The lowest BCUT2D eigenvalue weighted by molar-refractivity contribution is -0.136. The Labute approximate surface area is 201 Å². The molecule has 0 saturated carbocycles. The fourth-order valence-electron chi connectivity index (χ4n) is 4.27. The molecule has 2 aromatic rings. The standard InChI is InChI=1S/C26H36N2O4S/c1-4-6-8-20(29)17-27(13-5-2)18-26(30)28-14-11-25-23(12-15-33-25)24(28)19-32-22-10-7-9-21(16-22)31-3/h4,7,9-10,12,15-16,20,24,29H,1,5-6,8,11,13-14,17-19H2,2-3H3/t20-,24-/m0/s1. The Morgan fingerprint density at radius 2 is 2.21 bits per heavy atom. The van der Waals surface area contributed by atoms with Gasteiger partial charge in [0, 0.05) is 24.0 Å². The van der Waals surface area contributed by atoms with Crippen molar-refractivity contribution in [2.75, 3.05) is 39.9 Å². The van der Waals surface area contributed by atoms with Crippen LogP contribution in [0.4, 0.5) is 0 Å². The van der Waals surface area contributed by atoms with Crippen LogP contribution in [-0.2, 0) is 11.2 Å². The normalized spacial score (nSPS) is 16.4. The molecule has 0 saturated heterocycles. The van der Waals surface area contributed by atoms with Crippen LogP contribution < -0.4 is 9.47 Å². The van der Waals surface area contributed by atoms with Crippen LogP contribution in [0.25, 0.3) is 0 Å². The van der Waals surface area contributed by atoms with Crippen molar-refractivity contribution in [2.45, 2.75) is 44.8 Å². The second kappa shape index (κ2) is 12.8. The predicted octanol–water partition coefficient (Wildman–Crippen LogP) is 4.30. The summed E-state index contributed by atoms with van der Waals surface area (Å²) in [6.45, 7) is 8.46. The molecule has 0 fully saturated rings. The number of nitrogens with zero attached hydrogens (tertiary/aromatic N) is 2. The van der Waals surface area contributed by atoms with Crippen molar-refractivity contribution in [1.82, 2.24) is 9.80 Å². The van der Waals surface area contributed by atoms with Gasteiger partial charge in [0.15, 0.2) is 0 Å². The van der Waals surface area contributed by atoms with Crippen LogP contribution in [0.1, 0.15) is 42.7 Å². The van der Waals surface area contributed by atoms with E-state index in [-0.39, 0.29) is 11.9 Å². The predicted molar refractivity (Wildman–Crippen MR) is 133 cm³/mol. The number of ether oxygens (including phenoxy) is 2. The lowest BCUT2D eigenvalue weighted by atomic mass is 10.0. The number of carbonyl (C=O) groups is 1. The number of hydrogen-bond donors (Lipinski definition) is 1. The molecule has 6 nitrogen and oxygen atoms in total. The number of fused-ring (bicyclic) bond motifs is 1. The van der Waals surface area contributed by atoms with Crippen molar-refractivity contribution < 1.29 is 19.4 Å². The molecule has 1 aromatic carbocycles. The molecule has 7 heteroatoms. The average molecular weight is 473 g/mol. The highest BCUT2D eigenvalue weighted by Gasteiger charge is 2.33. The third-order valence-electron chi connectivity index (χ3n) is 5.94. The second-order valence-electron chi connectivity index (χ2n) is 8.40. The third kappa shape index (κ3) is 7.06. The van der Waals surface area contributed by atoms with Gasteiger partial charge < -0.3 is 19.5 Å². The fourth-order valence-corrected chi connectivity index (χ4v) is 5.20. The summed E-state index contributed by atoms with van der Waals surface area (Å²) in [7, 11) is 1.63. The highest BCUT2D eigenvalue weighted by Crippen LogP contribution is 2.34. The molecule has 33 heavy (non-hydrogen) atoms. The lowest BCUT2D eigenvalue weighted by Crippen LogP contribution is -2.47. The van der Waals surface area contributed by atoms with Gasteiger partial charge >= 0.3 is 0 Å². The molecule has 1 aromatic heterocycles. The summed E-state index contributed by atoms with van der Waals surface area (Å²) in [4.78, 5) is 18.8. The number of rotatable bonds is 13. The van der Waals surface area contributed by atoms with Crippen molar-refractivity contribution in [3.8, 4) is 11.5 Å². The fraction of sp³-hybridized carbons (Fsp3) is 0.500. The molecule has 0 spiro atoms. The first-order chi connectivity index (χ1) is 16.0. The maximum Gasteiger partial charge on any atom is 0.237 e. The summed E-state index contributed by atoms with van der Waals surface area (Å²) >= 11 is 1.74. The third-order valence-corrected chi connectivity index (χ3v) is 6.93. The summed E-state index contributed by atoms with van der Waals surface area (Å²) < 4.78 is 11.4. The van der Waals surface area contributed by atoms with E-state index in [1.165, 1.54) is 10.4 Å². The maximum atomic E-state index is 13.4. The first kappa shape index (κ1) is 25.3. The Kier molecular flexibility index (Phi) is 9.78. The largest absolute Gasteiger partial charge is 0.497 e. The van der Waals surface area contributed by atoms with Crippen LogP contribution in [0.5, 0.6) is 11.5 Å². The average Bonchev–Trinajstić information content (AvgIpc) is 3.30. The van der Waals surface area contributed by atoms with Crippen LogP contribution in [0.15, 0.2) is 48.4 Å². The molecule has 0 bridgehead atoms. The second-order valence-corrected chi connectivity index (χ2v) is 9.40. The number of thiophene rings is 1. The first-order valence-corrected chi connectivity index (χ1v) is 12.6. The summed E-state index contributed by atoms with van der Waals surface area (Å²) in [6, 6.07) is 9.52. The molecule has 3 rings (SSSR count). The van der Waals surface area contributed by atoms with Crippen LogP contribution in [0, 0.1) is 0 Å². The Balaban J connectivity index is 1.70.